The summed E-state index contributed by atoms with van der Waals surface area (Å²) in [7, 11) is 3.43. The Kier molecular flexibility index (Phi) is 3.84. The molecule has 0 unspecified atom stereocenters. The Morgan fingerprint density at radius 3 is 2.81 bits per heavy atom. The first-order valence-electron chi connectivity index (χ1n) is 8.23. The largest absolute Gasteiger partial charge is 0.446 e. The van der Waals surface area contributed by atoms with Crippen LogP contribution >= 0.6 is 0 Å². The second kappa shape index (κ2) is 6.18. The predicted molar refractivity (Wildman–Crippen MR) is 93.5 cm³/mol. The molecule has 2 amide bonds. The Morgan fingerprint density at radius 1 is 1.31 bits per heavy atom. The monoisotopic (exact) mass is 350 g/mol. The number of amides is 2. The van der Waals surface area contributed by atoms with Gasteiger partial charge in [-0.25, -0.2) is 4.98 Å². The van der Waals surface area contributed by atoms with E-state index in [0.717, 1.165) is 11.1 Å². The first-order chi connectivity index (χ1) is 12.6. The summed E-state index contributed by atoms with van der Waals surface area (Å²) in [6.07, 6.45) is 4.69. The van der Waals surface area contributed by atoms with E-state index in [0.29, 0.717) is 23.6 Å². The second-order valence-corrected chi connectivity index (χ2v) is 6.44. The zero-order chi connectivity index (χ0) is 18.3. The van der Waals surface area contributed by atoms with Gasteiger partial charge in [0, 0.05) is 32.4 Å². The SMILES string of the molecule is CN(C)C(=O)c1ccc2c(c1)CN(C(=O)c1ccc[nH]1)[C@@H]2c1cnco1. The fraction of sp³-hybridized carbons (Fsp3) is 0.211. The summed E-state index contributed by atoms with van der Waals surface area (Å²) in [5, 5.41) is 0. The van der Waals surface area contributed by atoms with Gasteiger partial charge >= 0.3 is 0 Å². The highest BCUT2D eigenvalue weighted by atomic mass is 16.3. The molecule has 4 rings (SSSR count). The van der Waals surface area contributed by atoms with E-state index in [1.54, 1.807) is 49.6 Å². The van der Waals surface area contributed by atoms with Crippen molar-refractivity contribution >= 4 is 11.8 Å². The molecule has 0 bridgehead atoms. The third kappa shape index (κ3) is 2.57. The van der Waals surface area contributed by atoms with Crippen LogP contribution in [0.3, 0.4) is 0 Å². The van der Waals surface area contributed by atoms with Crippen LogP contribution in [0, 0.1) is 0 Å². The number of aromatic nitrogens is 2. The highest BCUT2D eigenvalue weighted by molar-refractivity contribution is 5.95. The first-order valence-corrected chi connectivity index (χ1v) is 8.23. The van der Waals surface area contributed by atoms with Crippen molar-refractivity contribution in [2.75, 3.05) is 14.1 Å². The lowest BCUT2D eigenvalue weighted by atomic mass is 10.0. The Balaban J connectivity index is 1.76. The number of hydrogen-bond donors (Lipinski definition) is 1. The van der Waals surface area contributed by atoms with Crippen LogP contribution in [0.4, 0.5) is 0 Å². The van der Waals surface area contributed by atoms with E-state index >= 15 is 0 Å². The Hall–Kier alpha value is -3.35. The van der Waals surface area contributed by atoms with Crippen LogP contribution in [0.25, 0.3) is 0 Å². The number of fused-ring (bicyclic) bond motifs is 1. The lowest BCUT2D eigenvalue weighted by Crippen LogP contribution is -2.30. The van der Waals surface area contributed by atoms with Gasteiger partial charge in [0.05, 0.1) is 6.20 Å². The highest BCUT2D eigenvalue weighted by Gasteiger charge is 2.37. The summed E-state index contributed by atoms with van der Waals surface area (Å²) in [6, 6.07) is 8.68. The molecule has 1 aliphatic rings. The van der Waals surface area contributed by atoms with Crippen molar-refractivity contribution in [3.63, 3.8) is 0 Å². The van der Waals surface area contributed by atoms with Gasteiger partial charge in [0.2, 0.25) is 0 Å². The van der Waals surface area contributed by atoms with Gasteiger partial charge < -0.3 is 19.2 Å². The maximum Gasteiger partial charge on any atom is 0.271 e. The highest BCUT2D eigenvalue weighted by Crippen LogP contribution is 2.39. The van der Waals surface area contributed by atoms with E-state index in [1.165, 1.54) is 11.3 Å². The molecule has 7 nitrogen and oxygen atoms in total. The number of rotatable bonds is 3. The number of carbonyl (C=O) groups is 2. The predicted octanol–water partition coefficient (Wildman–Crippen LogP) is 2.45. The molecule has 1 aliphatic heterocycles. The van der Waals surface area contributed by atoms with Gasteiger partial charge in [-0.3, -0.25) is 9.59 Å². The number of hydrogen-bond acceptors (Lipinski definition) is 4. The number of aromatic amines is 1. The molecule has 1 aromatic carbocycles. The van der Waals surface area contributed by atoms with Crippen LogP contribution in [0.1, 0.15) is 43.8 Å². The minimum absolute atomic E-state index is 0.0711. The topological polar surface area (TPSA) is 82.4 Å². The number of nitrogens with zero attached hydrogens (tertiary/aromatic N) is 3. The third-order valence-corrected chi connectivity index (χ3v) is 4.55. The van der Waals surface area contributed by atoms with Crippen LogP contribution in [-0.2, 0) is 6.54 Å². The van der Waals surface area contributed by atoms with E-state index < -0.39 is 0 Å². The van der Waals surface area contributed by atoms with Crippen LogP contribution in [0.2, 0.25) is 0 Å². The molecular formula is C19H18N4O3. The van der Waals surface area contributed by atoms with Gasteiger partial charge in [0.15, 0.2) is 12.2 Å². The minimum Gasteiger partial charge on any atom is -0.446 e. The molecule has 1 N–H and O–H groups in total. The van der Waals surface area contributed by atoms with Gasteiger partial charge in [0.1, 0.15) is 11.7 Å². The van der Waals surface area contributed by atoms with Gasteiger partial charge in [-0.2, -0.15) is 0 Å². The summed E-state index contributed by atoms with van der Waals surface area (Å²) in [6.45, 7) is 0.396. The lowest BCUT2D eigenvalue weighted by molar-refractivity contribution is 0.0698. The fourth-order valence-electron chi connectivity index (χ4n) is 3.32. The zero-order valence-corrected chi connectivity index (χ0v) is 14.5. The average molecular weight is 350 g/mol. The summed E-state index contributed by atoms with van der Waals surface area (Å²) in [4.78, 5) is 35.4. The average Bonchev–Trinajstić information content (AvgIpc) is 3.39. The van der Waals surface area contributed by atoms with Crippen LogP contribution in [0.5, 0.6) is 0 Å². The van der Waals surface area contributed by atoms with Gasteiger partial charge in [0.25, 0.3) is 11.8 Å². The quantitative estimate of drug-likeness (QED) is 0.786. The van der Waals surface area contributed by atoms with E-state index in [1.807, 2.05) is 12.1 Å². The van der Waals surface area contributed by atoms with Crippen LogP contribution in [-0.4, -0.2) is 45.7 Å². The Bertz CT molecular complexity index is 945. The normalized spacial score (nSPS) is 15.8. The number of H-pyrrole nitrogens is 1. The molecule has 132 valence electrons. The molecule has 0 radical (unpaired) electrons. The van der Waals surface area contributed by atoms with Gasteiger partial charge in [-0.05, 0) is 35.4 Å². The molecular weight excluding hydrogens is 332 g/mol. The van der Waals surface area contributed by atoms with E-state index in [9.17, 15) is 9.59 Å². The molecule has 0 fully saturated rings. The summed E-state index contributed by atoms with van der Waals surface area (Å²) < 4.78 is 5.50. The molecule has 0 saturated heterocycles. The van der Waals surface area contributed by atoms with Gasteiger partial charge in [-0.15, -0.1) is 0 Å². The van der Waals surface area contributed by atoms with Crippen molar-refractivity contribution in [1.82, 2.24) is 19.8 Å². The first kappa shape index (κ1) is 16.1. The van der Waals surface area contributed by atoms with Crippen molar-refractivity contribution in [3.05, 3.63) is 77.3 Å². The van der Waals surface area contributed by atoms with Crippen LogP contribution < -0.4 is 0 Å². The molecule has 1 atom stereocenters. The molecule has 0 saturated carbocycles. The third-order valence-electron chi connectivity index (χ3n) is 4.55. The van der Waals surface area contributed by atoms with Crippen molar-refractivity contribution < 1.29 is 14.0 Å². The van der Waals surface area contributed by atoms with Crippen molar-refractivity contribution in [3.8, 4) is 0 Å². The van der Waals surface area contributed by atoms with Crippen molar-refractivity contribution in [1.29, 1.82) is 0 Å². The standard InChI is InChI=1S/C19H18N4O3/c1-22(2)18(24)12-5-6-14-13(8-12)10-23(17(14)16-9-20-11-26-16)19(25)15-4-3-7-21-15/h3-9,11,17,21H,10H2,1-2H3/t17-/m0/s1. The molecule has 7 heteroatoms. The van der Waals surface area contributed by atoms with Crippen molar-refractivity contribution in [2.45, 2.75) is 12.6 Å². The summed E-state index contributed by atoms with van der Waals surface area (Å²) >= 11 is 0. The maximum absolute atomic E-state index is 13.0. The minimum atomic E-state index is -0.369. The smallest absolute Gasteiger partial charge is 0.271 e. The Labute approximate surface area is 150 Å². The molecule has 3 aromatic rings. The Morgan fingerprint density at radius 2 is 2.15 bits per heavy atom. The number of benzene rings is 1. The molecule has 2 aromatic heterocycles. The van der Waals surface area contributed by atoms with E-state index in [-0.39, 0.29) is 17.9 Å². The number of carbonyl (C=O) groups excluding carboxylic acids is 2. The molecule has 0 spiro atoms. The van der Waals surface area contributed by atoms with E-state index in [2.05, 4.69) is 9.97 Å². The number of oxazole rings is 1. The summed E-state index contributed by atoms with van der Waals surface area (Å²) in [5.41, 5.74) is 2.97. The molecule has 0 aliphatic carbocycles. The lowest BCUT2D eigenvalue weighted by Gasteiger charge is -2.22. The van der Waals surface area contributed by atoms with Crippen LogP contribution in [0.15, 0.2) is 53.5 Å². The number of nitrogens with one attached hydrogen (secondary N) is 1. The molecule has 3 heterocycles. The summed E-state index contributed by atoms with van der Waals surface area (Å²) in [5.74, 6) is 0.390. The second-order valence-electron chi connectivity index (χ2n) is 6.44. The van der Waals surface area contributed by atoms with Gasteiger partial charge in [-0.1, -0.05) is 6.07 Å². The molecule has 26 heavy (non-hydrogen) atoms. The van der Waals surface area contributed by atoms with E-state index in [4.69, 9.17) is 4.42 Å². The zero-order valence-electron chi connectivity index (χ0n) is 14.5. The van der Waals surface area contributed by atoms with Crippen molar-refractivity contribution in [2.24, 2.45) is 0 Å². The maximum atomic E-state index is 13.0. The fourth-order valence-corrected chi connectivity index (χ4v) is 3.32.